The Kier molecular flexibility index (Phi) is 7.06. The van der Waals surface area contributed by atoms with E-state index in [1.54, 1.807) is 50.9 Å². The van der Waals surface area contributed by atoms with Gasteiger partial charge in [-0.15, -0.1) is 0 Å². The van der Waals surface area contributed by atoms with Gasteiger partial charge in [-0.1, -0.05) is 6.07 Å². The first-order valence-electron chi connectivity index (χ1n) is 15.3. The molecule has 252 valence electrons. The number of carbonyl (C=O) groups is 2. The highest BCUT2D eigenvalue weighted by molar-refractivity contribution is 7.88. The van der Waals surface area contributed by atoms with E-state index in [0.29, 0.717) is 46.6 Å². The van der Waals surface area contributed by atoms with Crippen LogP contribution in [-0.2, 0) is 20.4 Å². The average Bonchev–Trinajstić information content (AvgIpc) is 3.50. The van der Waals surface area contributed by atoms with E-state index in [-0.39, 0.29) is 17.5 Å². The molecule has 0 radical (unpaired) electrons. The molecule has 0 unspecified atom stereocenters. The molecule has 2 atom stereocenters. The van der Waals surface area contributed by atoms with Gasteiger partial charge in [-0.3, -0.25) is 4.79 Å². The number of carbonyl (C=O) groups excluding carboxylic acids is 2. The number of alkyl halides is 3. The van der Waals surface area contributed by atoms with E-state index in [2.05, 4.69) is 19.5 Å². The van der Waals surface area contributed by atoms with Crippen LogP contribution in [0.5, 0.6) is 5.75 Å². The van der Waals surface area contributed by atoms with Crippen LogP contribution in [0.1, 0.15) is 91.4 Å². The van der Waals surface area contributed by atoms with Crippen molar-refractivity contribution in [2.24, 2.45) is 0 Å². The van der Waals surface area contributed by atoms with Gasteiger partial charge in [-0.25, -0.2) is 19.3 Å². The van der Waals surface area contributed by atoms with Gasteiger partial charge in [0.2, 0.25) is 0 Å². The van der Waals surface area contributed by atoms with Crippen LogP contribution in [0, 0.1) is 0 Å². The number of nitrogens with zero attached hydrogens (tertiary/aromatic N) is 5. The molecule has 2 bridgehead atoms. The highest BCUT2D eigenvalue weighted by atomic mass is 32.2. The number of hydrogen-bond acceptors (Lipinski definition) is 9. The molecule has 2 amide bonds. The molecule has 1 saturated carbocycles. The predicted molar refractivity (Wildman–Crippen MR) is 164 cm³/mol. The van der Waals surface area contributed by atoms with Crippen molar-refractivity contribution in [3.63, 3.8) is 0 Å². The van der Waals surface area contributed by atoms with Crippen LogP contribution >= 0.6 is 0 Å². The van der Waals surface area contributed by atoms with Crippen molar-refractivity contribution >= 4 is 27.6 Å². The highest BCUT2D eigenvalue weighted by Crippen LogP contribution is 2.54. The molecule has 3 aliphatic rings. The number of aromatic nitrogens is 4. The monoisotopic (exact) mass is 684 g/mol. The smallest absolute Gasteiger partial charge is 0.444 e. The molecule has 1 aromatic carbocycles. The third-order valence-electron chi connectivity index (χ3n) is 9.10. The van der Waals surface area contributed by atoms with Gasteiger partial charge in [0.05, 0.1) is 17.3 Å². The van der Waals surface area contributed by atoms with Gasteiger partial charge < -0.3 is 19.1 Å². The number of halogens is 3. The summed E-state index contributed by atoms with van der Waals surface area (Å²) >= 11 is 0. The molecule has 48 heavy (non-hydrogen) atoms. The lowest BCUT2D eigenvalue weighted by Gasteiger charge is -2.41. The number of nitrogens with one attached hydrogen (secondary N) is 1. The molecule has 0 spiro atoms. The van der Waals surface area contributed by atoms with Crippen molar-refractivity contribution in [2.45, 2.75) is 75.1 Å². The average molecular weight is 685 g/mol. The van der Waals surface area contributed by atoms with Gasteiger partial charge in [0.1, 0.15) is 16.9 Å². The largest absolute Gasteiger partial charge is 0.534 e. The van der Waals surface area contributed by atoms with Gasteiger partial charge in [-0.2, -0.15) is 26.7 Å². The molecule has 12 nitrogen and oxygen atoms in total. The number of rotatable bonds is 5. The van der Waals surface area contributed by atoms with Crippen molar-refractivity contribution in [3.8, 4) is 16.9 Å². The second-order valence-corrected chi connectivity index (χ2v) is 14.9. The van der Waals surface area contributed by atoms with E-state index in [1.807, 2.05) is 12.1 Å². The molecule has 1 fully saturated rings. The summed E-state index contributed by atoms with van der Waals surface area (Å²) in [6.45, 7) is 5.36. The molecule has 4 heterocycles. The topological polar surface area (TPSA) is 145 Å². The maximum Gasteiger partial charge on any atom is 0.534 e. The first kappa shape index (κ1) is 31.8. The van der Waals surface area contributed by atoms with Gasteiger partial charge in [0, 0.05) is 53.8 Å². The van der Waals surface area contributed by atoms with Crippen LogP contribution in [0.15, 0.2) is 48.9 Å². The van der Waals surface area contributed by atoms with E-state index < -0.39 is 56.5 Å². The second kappa shape index (κ2) is 10.6. The van der Waals surface area contributed by atoms with Crippen LogP contribution < -0.4 is 9.50 Å². The van der Waals surface area contributed by atoms with E-state index in [9.17, 15) is 31.2 Å². The molecule has 7 rings (SSSR count). The van der Waals surface area contributed by atoms with Gasteiger partial charge in [-0.05, 0) is 76.3 Å². The number of fused-ring (bicyclic) bond motifs is 9. The Bertz CT molecular complexity index is 2090. The fourth-order valence-corrected chi connectivity index (χ4v) is 7.22. The van der Waals surface area contributed by atoms with Crippen LogP contribution in [0.4, 0.5) is 18.0 Å². The van der Waals surface area contributed by atoms with Gasteiger partial charge >= 0.3 is 21.7 Å². The fraction of sp³-hybridized carbons (Fsp3) is 0.406. The fourth-order valence-electron chi connectivity index (χ4n) is 6.74. The Morgan fingerprint density at radius 1 is 1.06 bits per heavy atom. The molecule has 1 N–H and O–H groups in total. The molecular formula is C32H31F3N6O6S. The molecule has 3 aromatic heterocycles. The van der Waals surface area contributed by atoms with E-state index in [0.717, 1.165) is 12.5 Å². The van der Waals surface area contributed by atoms with E-state index in [4.69, 9.17) is 9.84 Å². The standard InChI is InChI=1S/C32H31F3N6O6S/c1-30(2,3)46-29(43)38-31(10-6-11-31)28-36-15-18(16-37-28)17-9-12-41-21(13-17)25-20-14-22(26(25)39-41)40(4)27(42)19-7-5-8-23(24(19)20)47-48(44,45)32(33,34)35/h5,7-9,12-13,15-16,20,22H,6,10-11,14H2,1-4H3,(H,38,43)/t20-,22-/m1/s1. The number of ether oxygens (including phenoxy) is 1. The SMILES string of the molecule is CN1C(=O)c2cccc(OS(=O)(=O)C(F)(F)F)c2[C@H]2C[C@@H]1c1nn3ccc(-c4cnc(C5(NC(=O)OC(C)(C)C)CCC5)nc4)cc3c12. The lowest BCUT2D eigenvalue weighted by Crippen LogP contribution is -2.53. The summed E-state index contributed by atoms with van der Waals surface area (Å²) < 4.78 is 75.9. The van der Waals surface area contributed by atoms with Gasteiger partial charge in [0.25, 0.3) is 5.91 Å². The van der Waals surface area contributed by atoms with Crippen LogP contribution in [0.2, 0.25) is 0 Å². The molecule has 0 saturated heterocycles. The zero-order valence-corrected chi connectivity index (χ0v) is 27.1. The Morgan fingerprint density at radius 3 is 2.40 bits per heavy atom. The Labute approximate surface area is 273 Å². The summed E-state index contributed by atoms with van der Waals surface area (Å²) in [6, 6.07) is 7.00. The summed E-state index contributed by atoms with van der Waals surface area (Å²) in [5.74, 6) is -1.28. The lowest BCUT2D eigenvalue weighted by molar-refractivity contribution is -0.0500. The summed E-state index contributed by atoms with van der Waals surface area (Å²) in [6.07, 6.45) is 6.97. The van der Waals surface area contributed by atoms with Crippen molar-refractivity contribution in [2.75, 3.05) is 7.05 Å². The van der Waals surface area contributed by atoms with Crippen molar-refractivity contribution in [1.29, 1.82) is 0 Å². The Morgan fingerprint density at radius 2 is 1.77 bits per heavy atom. The number of alkyl carbamates (subject to hydrolysis) is 1. The second-order valence-electron chi connectivity index (χ2n) is 13.3. The first-order valence-corrected chi connectivity index (χ1v) is 16.7. The normalized spacial score (nSPS) is 20.1. The quantitative estimate of drug-likeness (QED) is 0.210. The number of benzene rings is 1. The van der Waals surface area contributed by atoms with Crippen molar-refractivity contribution < 1.29 is 40.1 Å². The first-order chi connectivity index (χ1) is 22.5. The van der Waals surface area contributed by atoms with Crippen LogP contribution in [-0.4, -0.2) is 63.1 Å². The van der Waals surface area contributed by atoms with E-state index in [1.165, 1.54) is 17.0 Å². The van der Waals surface area contributed by atoms with Crippen LogP contribution in [0.25, 0.3) is 16.6 Å². The minimum Gasteiger partial charge on any atom is -0.444 e. The number of amides is 2. The summed E-state index contributed by atoms with van der Waals surface area (Å²) in [4.78, 5) is 36.7. The number of hydrogen-bond donors (Lipinski definition) is 1. The zero-order valence-electron chi connectivity index (χ0n) is 26.3. The number of pyridine rings is 1. The molecule has 4 aromatic rings. The maximum atomic E-state index is 13.5. The minimum absolute atomic E-state index is 0.0509. The Balaban J connectivity index is 1.27. The third-order valence-corrected chi connectivity index (χ3v) is 10.1. The van der Waals surface area contributed by atoms with Crippen molar-refractivity contribution in [1.82, 2.24) is 29.8 Å². The van der Waals surface area contributed by atoms with Crippen LogP contribution in [0.3, 0.4) is 0 Å². The van der Waals surface area contributed by atoms with Crippen molar-refractivity contribution in [3.05, 3.63) is 77.1 Å². The molecular weight excluding hydrogens is 653 g/mol. The molecule has 2 aliphatic carbocycles. The Hall–Kier alpha value is -4.73. The molecule has 1 aliphatic heterocycles. The predicted octanol–water partition coefficient (Wildman–Crippen LogP) is 5.59. The summed E-state index contributed by atoms with van der Waals surface area (Å²) in [7, 11) is -4.43. The summed E-state index contributed by atoms with van der Waals surface area (Å²) in [5, 5.41) is 7.67. The highest BCUT2D eigenvalue weighted by Gasteiger charge is 2.51. The maximum absolute atomic E-state index is 13.5. The minimum atomic E-state index is -6.01. The van der Waals surface area contributed by atoms with E-state index >= 15 is 0 Å². The third kappa shape index (κ3) is 5.13. The summed E-state index contributed by atoms with van der Waals surface area (Å²) in [5.41, 5.74) is -3.75. The molecule has 16 heteroatoms. The van der Waals surface area contributed by atoms with Gasteiger partial charge in [0.15, 0.2) is 5.82 Å². The lowest BCUT2D eigenvalue weighted by atomic mass is 9.76. The zero-order chi connectivity index (χ0) is 34.4.